The number of aliphatic hydroxyl groups is 1. The number of aliphatic hydroxyl groups excluding tert-OH is 1. The monoisotopic (exact) mass is 562 g/mol. The van der Waals surface area contributed by atoms with Crippen LogP contribution in [-0.4, -0.2) is 86.1 Å². The van der Waals surface area contributed by atoms with Crippen molar-refractivity contribution in [2.45, 2.75) is 69.3 Å². The van der Waals surface area contributed by atoms with E-state index in [4.69, 9.17) is 16.6 Å². The SMILES string of the molecule is CC(O)C(N)C(=O)NC(CCC(=O)O)C(=O)NC(CCC(N)=O)C(=O)NC(Cc1c[nH]c2ccccc12)C(=O)O. The molecule has 4 amide bonds. The molecular weight excluding hydrogens is 528 g/mol. The van der Waals surface area contributed by atoms with Crippen LogP contribution in [0.1, 0.15) is 38.2 Å². The third-order valence-electron chi connectivity index (χ3n) is 6.13. The van der Waals surface area contributed by atoms with Gasteiger partial charge < -0.3 is 47.7 Å². The Kier molecular flexibility index (Phi) is 11.6. The average molecular weight is 563 g/mol. The number of carbonyl (C=O) groups is 6. The molecule has 0 radical (unpaired) electrons. The average Bonchev–Trinajstić information content (AvgIpc) is 3.29. The van der Waals surface area contributed by atoms with Crippen LogP contribution in [0.5, 0.6) is 0 Å². The number of aromatic amines is 1. The van der Waals surface area contributed by atoms with Gasteiger partial charge in [0.25, 0.3) is 0 Å². The zero-order valence-electron chi connectivity index (χ0n) is 21.8. The number of rotatable bonds is 16. The topological polar surface area (TPSA) is 267 Å². The Bertz CT molecular complexity index is 1240. The number of carbonyl (C=O) groups excluding carboxylic acids is 4. The minimum absolute atomic E-state index is 0.101. The van der Waals surface area contributed by atoms with E-state index < -0.39 is 72.3 Å². The maximum absolute atomic E-state index is 13.1. The highest BCUT2D eigenvalue weighted by Gasteiger charge is 2.31. The summed E-state index contributed by atoms with van der Waals surface area (Å²) in [6.45, 7) is 1.25. The maximum Gasteiger partial charge on any atom is 0.326 e. The first-order valence-corrected chi connectivity index (χ1v) is 12.4. The highest BCUT2D eigenvalue weighted by atomic mass is 16.4. The van der Waals surface area contributed by atoms with Gasteiger partial charge in [0.1, 0.15) is 24.2 Å². The summed E-state index contributed by atoms with van der Waals surface area (Å²) in [5.41, 5.74) is 12.2. The van der Waals surface area contributed by atoms with Crippen LogP contribution < -0.4 is 27.4 Å². The molecule has 0 spiro atoms. The number of fused-ring (bicyclic) bond motifs is 1. The number of aromatic nitrogens is 1. The van der Waals surface area contributed by atoms with E-state index in [0.29, 0.717) is 5.56 Å². The lowest BCUT2D eigenvalue weighted by Crippen LogP contribution is -2.58. The molecule has 0 aliphatic carbocycles. The van der Waals surface area contributed by atoms with E-state index >= 15 is 0 Å². The molecule has 0 fully saturated rings. The fraction of sp³-hybridized carbons (Fsp3) is 0.440. The van der Waals surface area contributed by atoms with Crippen molar-refractivity contribution in [2.24, 2.45) is 11.5 Å². The first kappa shape index (κ1) is 31.7. The lowest BCUT2D eigenvalue weighted by atomic mass is 10.0. The van der Waals surface area contributed by atoms with Crippen molar-refractivity contribution >= 4 is 46.5 Å². The normalized spacial score (nSPS) is 14.8. The van der Waals surface area contributed by atoms with Crippen molar-refractivity contribution < 1.29 is 44.1 Å². The highest BCUT2D eigenvalue weighted by molar-refractivity contribution is 5.95. The highest BCUT2D eigenvalue weighted by Crippen LogP contribution is 2.19. The van der Waals surface area contributed by atoms with Gasteiger partial charge in [0, 0.05) is 36.4 Å². The molecule has 2 rings (SSSR count). The molecule has 0 bridgehead atoms. The molecule has 11 N–H and O–H groups in total. The lowest BCUT2D eigenvalue weighted by molar-refractivity contribution is -0.142. The number of carboxylic acid groups (broad SMARTS) is 2. The van der Waals surface area contributed by atoms with Gasteiger partial charge in [-0.2, -0.15) is 0 Å². The number of carboxylic acids is 2. The Labute approximate surface area is 228 Å². The Morgan fingerprint density at radius 2 is 1.43 bits per heavy atom. The number of aliphatic carboxylic acids is 2. The summed E-state index contributed by atoms with van der Waals surface area (Å²) in [4.78, 5) is 75.9. The molecule has 15 heteroatoms. The number of H-pyrrole nitrogens is 1. The molecule has 0 aliphatic rings. The molecule has 1 aromatic carbocycles. The quantitative estimate of drug-likeness (QED) is 0.109. The second kappa shape index (κ2) is 14.6. The van der Waals surface area contributed by atoms with E-state index in [9.17, 15) is 39.0 Å². The summed E-state index contributed by atoms with van der Waals surface area (Å²) < 4.78 is 0. The van der Waals surface area contributed by atoms with Gasteiger partial charge in [-0.3, -0.25) is 24.0 Å². The number of amides is 4. The van der Waals surface area contributed by atoms with Gasteiger partial charge in [-0.1, -0.05) is 18.2 Å². The third-order valence-corrected chi connectivity index (χ3v) is 6.13. The number of primary amides is 1. The van der Waals surface area contributed by atoms with Crippen molar-refractivity contribution in [1.29, 1.82) is 0 Å². The van der Waals surface area contributed by atoms with Crippen LogP contribution in [0.4, 0.5) is 0 Å². The molecule has 0 saturated carbocycles. The molecule has 5 unspecified atom stereocenters. The summed E-state index contributed by atoms with van der Waals surface area (Å²) in [6.07, 6.45) is -1.34. The smallest absolute Gasteiger partial charge is 0.326 e. The predicted octanol–water partition coefficient (Wildman–Crippen LogP) is -1.91. The molecule has 5 atom stereocenters. The van der Waals surface area contributed by atoms with Crippen LogP contribution in [0.15, 0.2) is 30.5 Å². The van der Waals surface area contributed by atoms with Crippen LogP contribution in [0.2, 0.25) is 0 Å². The number of para-hydroxylation sites is 1. The van der Waals surface area contributed by atoms with Gasteiger partial charge in [0.2, 0.25) is 23.6 Å². The summed E-state index contributed by atoms with van der Waals surface area (Å²) in [6, 6.07) is 1.40. The first-order valence-electron chi connectivity index (χ1n) is 12.4. The van der Waals surface area contributed by atoms with Crippen LogP contribution >= 0.6 is 0 Å². The van der Waals surface area contributed by atoms with E-state index in [-0.39, 0.29) is 25.7 Å². The fourth-order valence-corrected chi connectivity index (χ4v) is 3.84. The van der Waals surface area contributed by atoms with Crippen molar-refractivity contribution in [3.8, 4) is 0 Å². The van der Waals surface area contributed by atoms with Gasteiger partial charge in [0.05, 0.1) is 6.10 Å². The van der Waals surface area contributed by atoms with Gasteiger partial charge >= 0.3 is 11.9 Å². The standard InChI is InChI=1S/C25H34N6O9/c1-12(32)21(27)24(38)30-17(7-9-20(34)35)22(36)29-16(6-8-19(26)33)23(37)31-18(25(39)40)10-13-11-28-15-5-3-2-4-14(13)15/h2-5,11-12,16-18,21,28,32H,6-10,27H2,1H3,(H2,26,33)(H,29,36)(H,30,38)(H,31,37)(H,34,35)(H,39,40). The Balaban J connectivity index is 2.22. The lowest BCUT2D eigenvalue weighted by Gasteiger charge is -2.25. The Hall–Kier alpha value is -4.50. The molecule has 40 heavy (non-hydrogen) atoms. The number of nitrogens with one attached hydrogen (secondary N) is 4. The minimum Gasteiger partial charge on any atom is -0.481 e. The van der Waals surface area contributed by atoms with Crippen molar-refractivity contribution in [1.82, 2.24) is 20.9 Å². The number of hydrogen-bond donors (Lipinski definition) is 9. The van der Waals surface area contributed by atoms with E-state index in [1.807, 2.05) is 0 Å². The maximum atomic E-state index is 13.1. The number of nitrogens with two attached hydrogens (primary N) is 2. The van der Waals surface area contributed by atoms with Crippen molar-refractivity contribution in [2.75, 3.05) is 0 Å². The summed E-state index contributed by atoms with van der Waals surface area (Å²) >= 11 is 0. The van der Waals surface area contributed by atoms with Crippen molar-refractivity contribution in [3.63, 3.8) is 0 Å². The van der Waals surface area contributed by atoms with Crippen LogP contribution in [-0.2, 0) is 35.2 Å². The molecule has 1 aromatic heterocycles. The van der Waals surface area contributed by atoms with E-state index in [0.717, 1.165) is 10.9 Å². The van der Waals surface area contributed by atoms with Crippen LogP contribution in [0.25, 0.3) is 10.9 Å². The van der Waals surface area contributed by atoms with E-state index in [2.05, 4.69) is 20.9 Å². The molecule has 1 heterocycles. The van der Waals surface area contributed by atoms with Crippen LogP contribution in [0.3, 0.4) is 0 Å². The molecule has 0 aliphatic heterocycles. The van der Waals surface area contributed by atoms with Gasteiger partial charge in [-0.15, -0.1) is 0 Å². The molecule has 15 nitrogen and oxygen atoms in total. The largest absolute Gasteiger partial charge is 0.481 e. The Morgan fingerprint density at radius 3 is 1.98 bits per heavy atom. The zero-order valence-corrected chi connectivity index (χ0v) is 21.8. The Morgan fingerprint density at radius 1 is 0.875 bits per heavy atom. The summed E-state index contributed by atoms with van der Waals surface area (Å²) in [7, 11) is 0. The summed E-state index contributed by atoms with van der Waals surface area (Å²) in [5.74, 6) is -6.28. The van der Waals surface area contributed by atoms with Crippen LogP contribution in [0, 0.1) is 0 Å². The molecule has 218 valence electrons. The van der Waals surface area contributed by atoms with Crippen molar-refractivity contribution in [3.05, 3.63) is 36.0 Å². The predicted molar refractivity (Wildman–Crippen MR) is 140 cm³/mol. The van der Waals surface area contributed by atoms with Gasteiger partial charge in [-0.05, 0) is 31.4 Å². The van der Waals surface area contributed by atoms with Gasteiger partial charge in [-0.25, -0.2) is 4.79 Å². The summed E-state index contributed by atoms with van der Waals surface area (Å²) in [5, 5.41) is 36.0. The molecule has 0 saturated heterocycles. The van der Waals surface area contributed by atoms with E-state index in [1.54, 1.807) is 30.5 Å². The number of hydrogen-bond acceptors (Lipinski definition) is 8. The fourth-order valence-electron chi connectivity index (χ4n) is 3.84. The number of benzene rings is 1. The minimum atomic E-state index is -1.47. The molecular formula is C25H34N6O9. The third kappa shape index (κ3) is 9.36. The zero-order chi connectivity index (χ0) is 30.0. The molecule has 2 aromatic rings. The van der Waals surface area contributed by atoms with E-state index in [1.165, 1.54) is 6.92 Å². The first-order chi connectivity index (χ1) is 18.8. The second-order valence-electron chi connectivity index (χ2n) is 9.29. The second-order valence-corrected chi connectivity index (χ2v) is 9.29. The van der Waals surface area contributed by atoms with Gasteiger partial charge in [0.15, 0.2) is 0 Å².